The maximum Gasteiger partial charge on any atom is 0.326 e. The van der Waals surface area contributed by atoms with Gasteiger partial charge in [0.2, 0.25) is 0 Å². The highest BCUT2D eigenvalue weighted by molar-refractivity contribution is 7.91. The molecule has 9 nitrogen and oxygen atoms in total. The molecule has 1 atom stereocenters. The number of aliphatic carboxylic acids is 2. The summed E-state index contributed by atoms with van der Waals surface area (Å²) >= 11 is 0. The summed E-state index contributed by atoms with van der Waals surface area (Å²) in [5.74, 6) is -3.01. The number of sulfone groups is 1. The maximum absolute atomic E-state index is 11.8. The molecule has 3 N–H and O–H groups in total. The third-order valence-corrected chi connectivity index (χ3v) is 4.53. The van der Waals surface area contributed by atoms with Crippen molar-refractivity contribution in [1.82, 2.24) is 10.2 Å². The summed E-state index contributed by atoms with van der Waals surface area (Å²) in [6, 6.07) is -2.31. The Bertz CT molecular complexity index is 502. The first-order valence-corrected chi connectivity index (χ1v) is 7.74. The predicted molar refractivity (Wildman–Crippen MR) is 67.1 cm³/mol. The number of nitrogens with one attached hydrogen (secondary N) is 1. The number of urea groups is 1. The SMILES string of the molecule is O=C(O)C[C@H](NC(=O)N1CCCS(=O)(=O)CC1)C(=O)O. The summed E-state index contributed by atoms with van der Waals surface area (Å²) in [6.07, 6.45) is -0.473. The quantitative estimate of drug-likeness (QED) is 0.588. The third kappa shape index (κ3) is 5.03. The van der Waals surface area contributed by atoms with Crippen LogP contribution < -0.4 is 5.32 Å². The van der Waals surface area contributed by atoms with Crippen molar-refractivity contribution in [3.05, 3.63) is 0 Å². The Hall–Kier alpha value is -1.84. The number of carbonyl (C=O) groups is 3. The lowest BCUT2D eigenvalue weighted by molar-refractivity contribution is -0.145. The molecular formula is C10H16N2O7S. The Kier molecular flexibility index (Phi) is 5.31. The molecule has 1 fully saturated rings. The van der Waals surface area contributed by atoms with Gasteiger partial charge in [0.1, 0.15) is 6.04 Å². The van der Waals surface area contributed by atoms with Crippen LogP contribution in [-0.4, -0.2) is 72.1 Å². The first kappa shape index (κ1) is 16.2. The van der Waals surface area contributed by atoms with E-state index in [9.17, 15) is 22.8 Å². The molecule has 0 bridgehead atoms. The molecule has 20 heavy (non-hydrogen) atoms. The van der Waals surface area contributed by atoms with Crippen LogP contribution in [0.3, 0.4) is 0 Å². The minimum atomic E-state index is -3.18. The second-order valence-electron chi connectivity index (χ2n) is 4.43. The number of hydrogen-bond acceptors (Lipinski definition) is 5. The van der Waals surface area contributed by atoms with Crippen molar-refractivity contribution in [1.29, 1.82) is 0 Å². The largest absolute Gasteiger partial charge is 0.481 e. The second-order valence-corrected chi connectivity index (χ2v) is 6.73. The summed E-state index contributed by atoms with van der Waals surface area (Å²) in [7, 11) is -3.18. The topological polar surface area (TPSA) is 141 Å². The lowest BCUT2D eigenvalue weighted by Crippen LogP contribution is -2.49. The Balaban J connectivity index is 2.64. The highest BCUT2D eigenvalue weighted by Gasteiger charge is 2.27. The average Bonchev–Trinajstić information content (AvgIpc) is 2.48. The van der Waals surface area contributed by atoms with E-state index in [4.69, 9.17) is 10.2 Å². The first-order chi connectivity index (χ1) is 9.21. The second kappa shape index (κ2) is 6.55. The van der Waals surface area contributed by atoms with Gasteiger partial charge in [-0.25, -0.2) is 18.0 Å². The van der Waals surface area contributed by atoms with E-state index in [1.165, 1.54) is 4.90 Å². The summed E-state index contributed by atoms with van der Waals surface area (Å²) in [5, 5.41) is 19.5. The van der Waals surface area contributed by atoms with Gasteiger partial charge in [-0.05, 0) is 6.42 Å². The zero-order valence-corrected chi connectivity index (χ0v) is 11.4. The molecule has 0 saturated carbocycles. The number of hydrogen-bond donors (Lipinski definition) is 3. The van der Waals surface area contributed by atoms with Crippen LogP contribution >= 0.6 is 0 Å². The molecule has 0 spiro atoms. The number of rotatable bonds is 4. The van der Waals surface area contributed by atoms with Gasteiger partial charge in [0.15, 0.2) is 9.84 Å². The van der Waals surface area contributed by atoms with Crippen LogP contribution in [0.15, 0.2) is 0 Å². The molecule has 1 rings (SSSR count). The van der Waals surface area contributed by atoms with Gasteiger partial charge in [0.25, 0.3) is 0 Å². The minimum Gasteiger partial charge on any atom is -0.481 e. The minimum absolute atomic E-state index is 0.0196. The van der Waals surface area contributed by atoms with Crippen LogP contribution in [0.1, 0.15) is 12.8 Å². The van der Waals surface area contributed by atoms with Crippen LogP contribution in [0.5, 0.6) is 0 Å². The normalized spacial score (nSPS) is 19.7. The molecule has 0 radical (unpaired) electrons. The molecule has 2 amide bonds. The highest BCUT2D eigenvalue weighted by Crippen LogP contribution is 2.06. The van der Waals surface area contributed by atoms with Gasteiger partial charge in [-0.1, -0.05) is 0 Å². The van der Waals surface area contributed by atoms with Crippen LogP contribution in [-0.2, 0) is 19.4 Å². The molecule has 0 aromatic heterocycles. The number of nitrogens with zero attached hydrogens (tertiary/aromatic N) is 1. The van der Waals surface area contributed by atoms with E-state index in [1.54, 1.807) is 0 Å². The fourth-order valence-corrected chi connectivity index (χ4v) is 3.03. The van der Waals surface area contributed by atoms with E-state index in [-0.39, 0.29) is 31.0 Å². The standard InChI is InChI=1S/C10H16N2O7S/c13-8(14)6-7(9(15)16)11-10(17)12-2-1-4-20(18,19)5-3-12/h7H,1-6H2,(H,11,17)(H,13,14)(H,15,16)/t7-/m0/s1. The van der Waals surface area contributed by atoms with Crippen molar-refractivity contribution >= 4 is 27.8 Å². The van der Waals surface area contributed by atoms with Gasteiger partial charge in [-0.3, -0.25) is 4.79 Å². The van der Waals surface area contributed by atoms with Crippen LogP contribution in [0.4, 0.5) is 4.79 Å². The van der Waals surface area contributed by atoms with Crippen molar-refractivity contribution in [3.63, 3.8) is 0 Å². The van der Waals surface area contributed by atoms with Crippen LogP contribution in [0, 0.1) is 0 Å². The van der Waals surface area contributed by atoms with Gasteiger partial charge in [-0.2, -0.15) is 0 Å². The summed E-state index contributed by atoms with van der Waals surface area (Å²) in [6.45, 7) is 0.151. The fraction of sp³-hybridized carbons (Fsp3) is 0.700. The molecule has 114 valence electrons. The molecule has 1 saturated heterocycles. The van der Waals surface area contributed by atoms with E-state index < -0.39 is 40.3 Å². The number of carboxylic acid groups (broad SMARTS) is 2. The van der Waals surface area contributed by atoms with E-state index in [2.05, 4.69) is 5.32 Å². The fourth-order valence-electron chi connectivity index (χ4n) is 1.76. The molecular weight excluding hydrogens is 292 g/mol. The van der Waals surface area contributed by atoms with Crippen molar-refractivity contribution in [2.24, 2.45) is 0 Å². The van der Waals surface area contributed by atoms with Crippen molar-refractivity contribution in [3.8, 4) is 0 Å². The predicted octanol–water partition coefficient (Wildman–Crippen LogP) is -1.26. The van der Waals surface area contributed by atoms with Gasteiger partial charge in [0, 0.05) is 13.1 Å². The molecule has 10 heteroatoms. The zero-order chi connectivity index (χ0) is 15.3. The van der Waals surface area contributed by atoms with E-state index in [0.29, 0.717) is 0 Å². The molecule has 0 aromatic carbocycles. The zero-order valence-electron chi connectivity index (χ0n) is 10.6. The first-order valence-electron chi connectivity index (χ1n) is 5.92. The molecule has 1 aliphatic rings. The Morgan fingerprint density at radius 3 is 2.35 bits per heavy atom. The maximum atomic E-state index is 11.8. The number of carbonyl (C=O) groups excluding carboxylic acids is 1. The van der Waals surface area contributed by atoms with E-state index in [0.717, 1.165) is 0 Å². The van der Waals surface area contributed by atoms with Crippen molar-refractivity contribution < 1.29 is 33.0 Å². The summed E-state index contributed by atoms with van der Waals surface area (Å²) in [5.41, 5.74) is 0. The van der Waals surface area contributed by atoms with Crippen molar-refractivity contribution in [2.75, 3.05) is 24.6 Å². The number of amides is 2. The van der Waals surface area contributed by atoms with Gasteiger partial charge in [0.05, 0.1) is 17.9 Å². The van der Waals surface area contributed by atoms with Crippen LogP contribution in [0.25, 0.3) is 0 Å². The Labute approximate surface area is 115 Å². The molecule has 0 unspecified atom stereocenters. The lowest BCUT2D eigenvalue weighted by atomic mass is 10.2. The third-order valence-electron chi connectivity index (χ3n) is 2.82. The monoisotopic (exact) mass is 308 g/mol. The van der Waals surface area contributed by atoms with Gasteiger partial charge in [-0.15, -0.1) is 0 Å². The summed E-state index contributed by atoms with van der Waals surface area (Å²) < 4.78 is 22.8. The van der Waals surface area contributed by atoms with E-state index >= 15 is 0 Å². The van der Waals surface area contributed by atoms with E-state index in [1.807, 2.05) is 0 Å². The molecule has 1 aliphatic heterocycles. The number of carboxylic acids is 2. The van der Waals surface area contributed by atoms with Gasteiger partial charge >= 0.3 is 18.0 Å². The Morgan fingerprint density at radius 2 is 1.80 bits per heavy atom. The smallest absolute Gasteiger partial charge is 0.326 e. The summed E-state index contributed by atoms with van der Waals surface area (Å²) in [4.78, 5) is 34.3. The highest BCUT2D eigenvalue weighted by atomic mass is 32.2. The van der Waals surface area contributed by atoms with Gasteiger partial charge < -0.3 is 20.4 Å². The average molecular weight is 308 g/mol. The van der Waals surface area contributed by atoms with Crippen LogP contribution in [0.2, 0.25) is 0 Å². The van der Waals surface area contributed by atoms with Crippen molar-refractivity contribution in [2.45, 2.75) is 18.9 Å². The Morgan fingerprint density at radius 1 is 1.15 bits per heavy atom. The molecule has 0 aliphatic carbocycles. The molecule has 1 heterocycles. The lowest BCUT2D eigenvalue weighted by Gasteiger charge is -2.22. The molecule has 0 aromatic rings.